The molecule has 0 aliphatic rings. The van der Waals surface area contributed by atoms with Crippen LogP contribution in [0, 0.1) is 0 Å². The molecule has 0 saturated heterocycles. The maximum absolute atomic E-state index is 5.91. The molecule has 0 aromatic heterocycles. The molecule has 2 aromatic carbocycles. The van der Waals surface area contributed by atoms with Crippen LogP contribution in [-0.2, 0) is 17.8 Å². The third kappa shape index (κ3) is 6.25. The smallest absolute Gasteiger partial charge is 0.166 e. The summed E-state index contributed by atoms with van der Waals surface area (Å²) in [4.78, 5) is 1.95. The predicted octanol–water partition coefficient (Wildman–Crippen LogP) is 2.97. The van der Waals surface area contributed by atoms with E-state index in [4.69, 9.17) is 32.2 Å². The highest BCUT2D eigenvalue weighted by molar-refractivity contribution is 7.80. The molecule has 0 bridgehead atoms. The van der Waals surface area contributed by atoms with Crippen molar-refractivity contribution in [2.24, 2.45) is 5.73 Å². The minimum absolute atomic E-state index is 0.363. The maximum Gasteiger partial charge on any atom is 0.166 e. The summed E-state index contributed by atoms with van der Waals surface area (Å²) >= 11 is 5.21. The van der Waals surface area contributed by atoms with Crippen LogP contribution >= 0.6 is 12.2 Å². The van der Waals surface area contributed by atoms with E-state index in [1.54, 1.807) is 14.2 Å². The molecule has 2 N–H and O–H groups in total. The second-order valence-corrected chi connectivity index (χ2v) is 5.95. The second kappa shape index (κ2) is 9.86. The van der Waals surface area contributed by atoms with Crippen LogP contribution < -0.4 is 15.2 Å². The number of thiocarbonyl (C=S) groups is 1. The van der Waals surface area contributed by atoms with Gasteiger partial charge in [0.2, 0.25) is 0 Å². The molecule has 0 fully saturated rings. The van der Waals surface area contributed by atoms with Crippen LogP contribution in [0.5, 0.6) is 11.5 Å². The standard InChI is InChI=1S/C19H24N2O3S/c1-22-10-11-24-18-5-3-4-16(12-18)14-21(19(20)25)13-15-6-8-17(23-2)9-7-15/h3-9,12H,10-11,13-14H2,1-2H3,(H2,20,25). The summed E-state index contributed by atoms with van der Waals surface area (Å²) in [6, 6.07) is 15.8. The highest BCUT2D eigenvalue weighted by Gasteiger charge is 2.09. The molecule has 0 aliphatic carbocycles. The van der Waals surface area contributed by atoms with Crippen LogP contribution in [0.2, 0.25) is 0 Å². The molecule has 0 saturated carbocycles. The van der Waals surface area contributed by atoms with Gasteiger partial charge in [0, 0.05) is 20.2 Å². The van der Waals surface area contributed by atoms with Crippen molar-refractivity contribution in [1.82, 2.24) is 4.90 Å². The molecule has 2 rings (SSSR count). The largest absolute Gasteiger partial charge is 0.497 e. The van der Waals surface area contributed by atoms with Crippen molar-refractivity contribution in [2.75, 3.05) is 27.4 Å². The first-order valence-electron chi connectivity index (χ1n) is 8.00. The fourth-order valence-corrected chi connectivity index (χ4v) is 2.49. The van der Waals surface area contributed by atoms with Crippen LogP contribution in [0.15, 0.2) is 48.5 Å². The highest BCUT2D eigenvalue weighted by Crippen LogP contribution is 2.17. The van der Waals surface area contributed by atoms with Crippen molar-refractivity contribution in [3.05, 3.63) is 59.7 Å². The van der Waals surface area contributed by atoms with E-state index < -0.39 is 0 Å². The molecule has 0 atom stereocenters. The van der Waals surface area contributed by atoms with Gasteiger partial charge >= 0.3 is 0 Å². The molecule has 25 heavy (non-hydrogen) atoms. The minimum atomic E-state index is 0.363. The van der Waals surface area contributed by atoms with Crippen molar-refractivity contribution < 1.29 is 14.2 Å². The highest BCUT2D eigenvalue weighted by atomic mass is 32.1. The van der Waals surface area contributed by atoms with Gasteiger partial charge in [0.25, 0.3) is 0 Å². The topological polar surface area (TPSA) is 57.0 Å². The van der Waals surface area contributed by atoms with Gasteiger partial charge in [0.15, 0.2) is 5.11 Å². The molecule has 0 aliphatic heterocycles. The zero-order valence-corrected chi connectivity index (χ0v) is 15.4. The number of ether oxygens (including phenoxy) is 3. The van der Waals surface area contributed by atoms with Crippen LogP contribution in [0.3, 0.4) is 0 Å². The quantitative estimate of drug-likeness (QED) is 0.548. The molecule has 6 heteroatoms. The van der Waals surface area contributed by atoms with E-state index >= 15 is 0 Å². The Labute approximate surface area is 154 Å². The van der Waals surface area contributed by atoms with Gasteiger partial charge in [0.05, 0.1) is 13.7 Å². The molecular formula is C19H24N2O3S. The molecule has 5 nitrogen and oxygen atoms in total. The van der Waals surface area contributed by atoms with Crippen molar-refractivity contribution in [3.8, 4) is 11.5 Å². The van der Waals surface area contributed by atoms with Crippen molar-refractivity contribution in [2.45, 2.75) is 13.1 Å². The lowest BCUT2D eigenvalue weighted by Crippen LogP contribution is -2.34. The van der Waals surface area contributed by atoms with Gasteiger partial charge in [-0.2, -0.15) is 0 Å². The zero-order valence-electron chi connectivity index (χ0n) is 14.6. The molecular weight excluding hydrogens is 336 g/mol. The van der Waals surface area contributed by atoms with Crippen molar-refractivity contribution >= 4 is 17.3 Å². The third-order valence-electron chi connectivity index (χ3n) is 3.67. The minimum Gasteiger partial charge on any atom is -0.497 e. The monoisotopic (exact) mass is 360 g/mol. The Morgan fingerprint density at radius 3 is 2.32 bits per heavy atom. The average Bonchev–Trinajstić information content (AvgIpc) is 2.62. The molecule has 0 heterocycles. The fourth-order valence-electron chi connectivity index (χ4n) is 2.36. The number of hydrogen-bond donors (Lipinski definition) is 1. The Morgan fingerprint density at radius 1 is 0.960 bits per heavy atom. The first kappa shape index (κ1) is 19.0. The molecule has 0 unspecified atom stereocenters. The van der Waals surface area contributed by atoms with Crippen LogP contribution in [0.1, 0.15) is 11.1 Å². The van der Waals surface area contributed by atoms with Crippen LogP contribution in [0.4, 0.5) is 0 Å². The number of hydrogen-bond acceptors (Lipinski definition) is 4. The summed E-state index contributed by atoms with van der Waals surface area (Å²) < 4.78 is 15.8. The van der Waals surface area contributed by atoms with Crippen LogP contribution in [0.25, 0.3) is 0 Å². The number of rotatable bonds is 9. The summed E-state index contributed by atoms with van der Waals surface area (Å²) in [6.45, 7) is 2.32. The first-order chi connectivity index (χ1) is 12.1. The molecule has 0 spiro atoms. The number of nitrogens with two attached hydrogens (primary N) is 1. The normalized spacial score (nSPS) is 10.3. The van der Waals surface area contributed by atoms with E-state index in [0.29, 0.717) is 31.4 Å². The van der Waals surface area contributed by atoms with Gasteiger partial charge in [0.1, 0.15) is 18.1 Å². The van der Waals surface area contributed by atoms with Crippen molar-refractivity contribution in [1.29, 1.82) is 0 Å². The van der Waals surface area contributed by atoms with Gasteiger partial charge in [-0.3, -0.25) is 0 Å². The maximum atomic E-state index is 5.91. The van der Waals surface area contributed by atoms with Gasteiger partial charge < -0.3 is 24.8 Å². The Kier molecular flexibility index (Phi) is 7.50. The van der Waals surface area contributed by atoms with E-state index in [0.717, 1.165) is 22.6 Å². The third-order valence-corrected chi connectivity index (χ3v) is 3.93. The summed E-state index contributed by atoms with van der Waals surface area (Å²) in [5.74, 6) is 1.63. The number of methoxy groups -OCH3 is 2. The fraction of sp³-hybridized carbons (Fsp3) is 0.316. The first-order valence-corrected chi connectivity index (χ1v) is 8.41. The van der Waals surface area contributed by atoms with E-state index in [1.807, 2.05) is 53.4 Å². The Hall–Kier alpha value is -2.31. The van der Waals surface area contributed by atoms with E-state index in [-0.39, 0.29) is 0 Å². The summed E-state index contributed by atoms with van der Waals surface area (Å²) in [5.41, 5.74) is 8.10. The van der Waals surface area contributed by atoms with E-state index in [2.05, 4.69) is 0 Å². The van der Waals surface area contributed by atoms with Gasteiger partial charge in [-0.25, -0.2) is 0 Å². The van der Waals surface area contributed by atoms with E-state index in [1.165, 1.54) is 0 Å². The number of benzene rings is 2. The Bertz CT molecular complexity index is 677. The Morgan fingerprint density at radius 2 is 1.68 bits per heavy atom. The summed E-state index contributed by atoms with van der Waals surface area (Å²) in [5, 5.41) is 0.363. The lowest BCUT2D eigenvalue weighted by Gasteiger charge is -2.23. The number of nitrogens with zero attached hydrogens (tertiary/aromatic N) is 1. The van der Waals surface area contributed by atoms with Gasteiger partial charge in [-0.15, -0.1) is 0 Å². The van der Waals surface area contributed by atoms with E-state index in [9.17, 15) is 0 Å². The molecule has 2 aromatic rings. The Balaban J connectivity index is 2.02. The van der Waals surface area contributed by atoms with Gasteiger partial charge in [-0.05, 0) is 47.6 Å². The van der Waals surface area contributed by atoms with Crippen LogP contribution in [-0.4, -0.2) is 37.4 Å². The molecule has 134 valence electrons. The van der Waals surface area contributed by atoms with Crippen molar-refractivity contribution in [3.63, 3.8) is 0 Å². The molecule has 0 amide bonds. The SMILES string of the molecule is COCCOc1cccc(CN(Cc2ccc(OC)cc2)C(N)=S)c1. The summed E-state index contributed by atoms with van der Waals surface area (Å²) in [7, 11) is 3.30. The lowest BCUT2D eigenvalue weighted by molar-refractivity contribution is 0.146. The lowest BCUT2D eigenvalue weighted by atomic mass is 10.1. The second-order valence-electron chi connectivity index (χ2n) is 5.53. The zero-order chi connectivity index (χ0) is 18.1. The summed E-state index contributed by atoms with van der Waals surface area (Å²) in [6.07, 6.45) is 0. The molecule has 0 radical (unpaired) electrons. The van der Waals surface area contributed by atoms with Gasteiger partial charge in [-0.1, -0.05) is 24.3 Å². The average molecular weight is 360 g/mol. The predicted molar refractivity (Wildman–Crippen MR) is 103 cm³/mol.